The number of sulfonamides is 1. The Labute approximate surface area is 157 Å². The molecule has 0 fully saturated rings. The molecule has 1 aromatic heterocycles. The second-order valence-electron chi connectivity index (χ2n) is 6.21. The minimum Gasteiger partial charge on any atom is -0.449 e. The van der Waals surface area contributed by atoms with Crippen molar-refractivity contribution in [3.63, 3.8) is 0 Å². The van der Waals surface area contributed by atoms with Crippen LogP contribution in [0.3, 0.4) is 0 Å². The quantitative estimate of drug-likeness (QED) is 0.694. The molecule has 0 radical (unpaired) electrons. The topological polar surface area (TPSA) is 119 Å². The molecule has 2 rings (SSSR count). The van der Waals surface area contributed by atoms with Crippen LogP contribution in [0, 0.1) is 0 Å². The lowest BCUT2D eigenvalue weighted by Crippen LogP contribution is -2.31. The van der Waals surface area contributed by atoms with Gasteiger partial charge in [-0.05, 0) is 32.9 Å². The number of rotatable bonds is 7. The lowest BCUT2D eigenvalue weighted by molar-refractivity contribution is -0.123. The van der Waals surface area contributed by atoms with Crippen molar-refractivity contribution >= 4 is 33.4 Å². The number of hydrogen-bond donors (Lipinski definition) is 2. The largest absolute Gasteiger partial charge is 0.449 e. The summed E-state index contributed by atoms with van der Waals surface area (Å²) >= 11 is 0. The van der Waals surface area contributed by atoms with Gasteiger partial charge in [-0.3, -0.25) is 9.52 Å². The van der Waals surface area contributed by atoms with Gasteiger partial charge in [0.05, 0.1) is 23.7 Å². The van der Waals surface area contributed by atoms with Crippen LogP contribution in [0.4, 0.5) is 11.5 Å². The van der Waals surface area contributed by atoms with E-state index in [0.29, 0.717) is 5.82 Å². The minimum absolute atomic E-state index is 0.00907. The number of aromatic nitrogens is 2. The van der Waals surface area contributed by atoms with E-state index in [0.717, 1.165) is 6.26 Å². The zero-order valence-corrected chi connectivity index (χ0v) is 16.3. The number of anilines is 2. The molecule has 2 N–H and O–H groups in total. The van der Waals surface area contributed by atoms with E-state index in [1.807, 2.05) is 13.8 Å². The number of carbonyl (C=O) groups excluding carboxylic acids is 2. The molecule has 9 nitrogen and oxygen atoms in total. The third-order valence-electron chi connectivity index (χ3n) is 3.51. The number of hydrogen-bond acceptors (Lipinski definition) is 6. The predicted octanol–water partition coefficient (Wildman–Crippen LogP) is 2.02. The van der Waals surface area contributed by atoms with Crippen LogP contribution in [-0.2, 0) is 19.6 Å². The Kier molecular flexibility index (Phi) is 6.21. The van der Waals surface area contributed by atoms with Crippen molar-refractivity contribution in [1.29, 1.82) is 0 Å². The normalized spacial score (nSPS) is 12.5. The van der Waals surface area contributed by atoms with Crippen molar-refractivity contribution in [2.24, 2.45) is 0 Å². The van der Waals surface area contributed by atoms with E-state index in [9.17, 15) is 18.0 Å². The highest BCUT2D eigenvalue weighted by Gasteiger charge is 2.22. The molecule has 1 heterocycles. The molecule has 10 heteroatoms. The molecular formula is C17H22N4O5S. The summed E-state index contributed by atoms with van der Waals surface area (Å²) < 4.78 is 31.9. The van der Waals surface area contributed by atoms with E-state index in [2.05, 4.69) is 15.1 Å². The van der Waals surface area contributed by atoms with Gasteiger partial charge in [-0.15, -0.1) is 0 Å². The van der Waals surface area contributed by atoms with E-state index in [-0.39, 0.29) is 17.3 Å². The van der Waals surface area contributed by atoms with Gasteiger partial charge in [0.1, 0.15) is 5.82 Å². The van der Waals surface area contributed by atoms with Crippen molar-refractivity contribution in [2.45, 2.75) is 32.9 Å². The van der Waals surface area contributed by atoms with Crippen molar-refractivity contribution < 1.29 is 22.7 Å². The number of esters is 1. The second-order valence-corrected chi connectivity index (χ2v) is 7.96. The van der Waals surface area contributed by atoms with Crippen LogP contribution >= 0.6 is 0 Å². The van der Waals surface area contributed by atoms with Crippen LogP contribution < -0.4 is 10.0 Å². The lowest BCUT2D eigenvalue weighted by atomic mass is 10.2. The van der Waals surface area contributed by atoms with Crippen molar-refractivity contribution in [3.05, 3.63) is 42.1 Å². The number of benzene rings is 1. The molecule has 0 unspecified atom stereocenters. The predicted molar refractivity (Wildman–Crippen MR) is 101 cm³/mol. The van der Waals surface area contributed by atoms with Gasteiger partial charge < -0.3 is 10.1 Å². The van der Waals surface area contributed by atoms with E-state index in [1.165, 1.54) is 19.1 Å². The maximum atomic E-state index is 12.4. The fraction of sp³-hybridized carbons (Fsp3) is 0.353. The third kappa shape index (κ3) is 5.55. The summed E-state index contributed by atoms with van der Waals surface area (Å²) in [6, 6.07) is 7.67. The first kappa shape index (κ1) is 20.4. The number of nitrogens with one attached hydrogen (secondary N) is 2. The Morgan fingerprint density at radius 1 is 1.15 bits per heavy atom. The van der Waals surface area contributed by atoms with Gasteiger partial charge in [0.25, 0.3) is 5.91 Å². The maximum Gasteiger partial charge on any atom is 0.341 e. The molecule has 1 atom stereocenters. The summed E-state index contributed by atoms with van der Waals surface area (Å²) in [7, 11) is -3.57. The van der Waals surface area contributed by atoms with Gasteiger partial charge in [-0.1, -0.05) is 12.1 Å². The van der Waals surface area contributed by atoms with Gasteiger partial charge in [-0.25, -0.2) is 17.9 Å². The van der Waals surface area contributed by atoms with Gasteiger partial charge in [0.15, 0.2) is 6.10 Å². The first-order valence-corrected chi connectivity index (χ1v) is 10.1. The molecule has 0 saturated heterocycles. The molecule has 1 amide bonds. The molecule has 146 valence electrons. The molecule has 27 heavy (non-hydrogen) atoms. The average Bonchev–Trinajstić information content (AvgIpc) is 3.02. The van der Waals surface area contributed by atoms with E-state index in [4.69, 9.17) is 4.74 Å². The SMILES string of the molecule is CC(C)n1nccc1NC(=O)[C@H](C)OC(=O)c1ccccc1NS(C)(=O)=O. The van der Waals surface area contributed by atoms with Crippen LogP contribution in [0.5, 0.6) is 0 Å². The molecule has 2 aromatic rings. The second kappa shape index (κ2) is 8.21. The monoisotopic (exact) mass is 394 g/mol. The molecule has 1 aromatic carbocycles. The molecule has 0 bridgehead atoms. The number of carbonyl (C=O) groups is 2. The third-order valence-corrected chi connectivity index (χ3v) is 4.10. The Hall–Kier alpha value is -2.88. The number of para-hydroxylation sites is 1. The fourth-order valence-electron chi connectivity index (χ4n) is 2.28. The molecular weight excluding hydrogens is 372 g/mol. The van der Waals surface area contributed by atoms with Gasteiger partial charge >= 0.3 is 5.97 Å². The van der Waals surface area contributed by atoms with Crippen LogP contribution in [0.25, 0.3) is 0 Å². The first-order valence-electron chi connectivity index (χ1n) is 8.20. The highest BCUT2D eigenvalue weighted by atomic mass is 32.2. The van der Waals surface area contributed by atoms with Crippen LogP contribution in [0.1, 0.15) is 37.2 Å². The van der Waals surface area contributed by atoms with Crippen molar-refractivity contribution in [1.82, 2.24) is 9.78 Å². The average molecular weight is 394 g/mol. The van der Waals surface area contributed by atoms with Crippen molar-refractivity contribution in [2.75, 3.05) is 16.3 Å². The van der Waals surface area contributed by atoms with E-state index >= 15 is 0 Å². The minimum atomic E-state index is -3.57. The van der Waals surface area contributed by atoms with Gasteiger partial charge in [-0.2, -0.15) is 5.10 Å². The lowest BCUT2D eigenvalue weighted by Gasteiger charge is -2.16. The van der Waals surface area contributed by atoms with Gasteiger partial charge in [0.2, 0.25) is 10.0 Å². The maximum absolute atomic E-state index is 12.4. The van der Waals surface area contributed by atoms with Crippen molar-refractivity contribution in [3.8, 4) is 0 Å². The smallest absolute Gasteiger partial charge is 0.341 e. The van der Waals surface area contributed by atoms with E-state index < -0.39 is 28.0 Å². The summed E-state index contributed by atoms with van der Waals surface area (Å²) in [6.07, 6.45) is 1.43. The molecule has 0 aliphatic carbocycles. The van der Waals surface area contributed by atoms with Gasteiger partial charge in [0, 0.05) is 12.1 Å². The molecule has 0 spiro atoms. The first-order chi connectivity index (χ1) is 12.6. The summed E-state index contributed by atoms with van der Waals surface area (Å²) in [5, 5.41) is 6.77. The summed E-state index contributed by atoms with van der Waals surface area (Å²) in [5.74, 6) is -0.863. The summed E-state index contributed by atoms with van der Waals surface area (Å²) in [4.78, 5) is 24.7. The summed E-state index contributed by atoms with van der Waals surface area (Å²) in [6.45, 7) is 5.26. The highest BCUT2D eigenvalue weighted by molar-refractivity contribution is 7.92. The standard InChI is InChI=1S/C17H22N4O5S/c1-11(2)21-15(9-10-18-21)19-16(22)12(3)26-17(23)13-7-5-6-8-14(13)20-27(4,24)25/h5-12,20H,1-4H3,(H,19,22)/t12-/m0/s1. The fourth-order valence-corrected chi connectivity index (χ4v) is 2.86. The summed E-state index contributed by atoms with van der Waals surface area (Å²) in [5.41, 5.74) is 0.0882. The van der Waals surface area contributed by atoms with Crippen LogP contribution in [0.15, 0.2) is 36.5 Å². The zero-order valence-electron chi connectivity index (χ0n) is 15.5. The highest BCUT2D eigenvalue weighted by Crippen LogP contribution is 2.19. The van der Waals surface area contributed by atoms with Crippen LogP contribution in [0.2, 0.25) is 0 Å². The zero-order chi connectivity index (χ0) is 20.2. The Balaban J connectivity index is 2.09. The molecule has 0 aliphatic heterocycles. The molecule has 0 aliphatic rings. The number of amides is 1. The Bertz CT molecular complexity index is 936. The Morgan fingerprint density at radius 2 is 1.81 bits per heavy atom. The number of ether oxygens (including phenoxy) is 1. The Morgan fingerprint density at radius 3 is 2.44 bits per heavy atom. The number of nitrogens with zero attached hydrogens (tertiary/aromatic N) is 2. The molecule has 0 saturated carbocycles. The van der Waals surface area contributed by atoms with Crippen LogP contribution in [-0.4, -0.2) is 42.4 Å². The van der Waals surface area contributed by atoms with E-state index in [1.54, 1.807) is 29.1 Å².